The van der Waals surface area contributed by atoms with Crippen LogP contribution >= 0.6 is 23.2 Å². The number of piperazine rings is 1. The number of aromatic nitrogens is 2. The van der Waals surface area contributed by atoms with Gasteiger partial charge in [-0.15, -0.1) is 0 Å². The van der Waals surface area contributed by atoms with E-state index in [1.165, 1.54) is 0 Å². The van der Waals surface area contributed by atoms with Gasteiger partial charge in [-0.2, -0.15) is 0 Å². The first-order chi connectivity index (χ1) is 14.9. The summed E-state index contributed by atoms with van der Waals surface area (Å²) in [6.07, 6.45) is 4.15. The Hall–Kier alpha value is -2.09. The Balaban J connectivity index is 1.30. The molecule has 1 aromatic heterocycles. The number of amides is 2. The van der Waals surface area contributed by atoms with Crippen molar-refractivity contribution in [1.82, 2.24) is 19.4 Å². The molecular weight excluding hydrogens is 439 g/mol. The molecule has 0 bridgehead atoms. The van der Waals surface area contributed by atoms with Crippen LogP contribution in [0.3, 0.4) is 0 Å². The van der Waals surface area contributed by atoms with E-state index in [-0.39, 0.29) is 11.8 Å². The van der Waals surface area contributed by atoms with Crippen molar-refractivity contribution in [2.45, 2.75) is 44.2 Å². The molecule has 1 saturated carbocycles. The van der Waals surface area contributed by atoms with E-state index in [2.05, 4.69) is 4.98 Å². The zero-order valence-corrected chi connectivity index (χ0v) is 18.6. The second-order valence-electron chi connectivity index (χ2n) is 8.59. The maximum atomic E-state index is 13.0. The number of halogens is 2. The number of hydrogen-bond acceptors (Lipinski definition) is 4. The highest BCUT2D eigenvalue weighted by Gasteiger charge is 2.50. The number of carbonyl (C=O) groups is 2. The molecule has 7 nitrogen and oxygen atoms in total. The van der Waals surface area contributed by atoms with Crippen molar-refractivity contribution in [2.75, 3.05) is 26.2 Å². The summed E-state index contributed by atoms with van der Waals surface area (Å²) in [6.45, 7) is 2.57. The van der Waals surface area contributed by atoms with Gasteiger partial charge >= 0.3 is 0 Å². The van der Waals surface area contributed by atoms with Crippen LogP contribution in [-0.4, -0.2) is 68.1 Å². The summed E-state index contributed by atoms with van der Waals surface area (Å²) in [5.74, 6) is 0.637. The van der Waals surface area contributed by atoms with E-state index in [4.69, 9.17) is 23.2 Å². The van der Waals surface area contributed by atoms with Gasteiger partial charge in [0.1, 0.15) is 22.3 Å². The number of aliphatic hydroxyl groups is 1. The molecule has 1 saturated heterocycles. The average molecular weight is 463 g/mol. The molecule has 2 aromatic rings. The van der Waals surface area contributed by atoms with Crippen molar-refractivity contribution < 1.29 is 14.7 Å². The third-order valence-electron chi connectivity index (χ3n) is 6.46. The van der Waals surface area contributed by atoms with Crippen LogP contribution in [-0.2, 0) is 17.8 Å². The van der Waals surface area contributed by atoms with E-state index >= 15 is 0 Å². The lowest BCUT2D eigenvalue weighted by molar-refractivity contribution is -0.143. The average Bonchev–Trinajstić information content (AvgIpc) is 3.46. The highest BCUT2D eigenvalue weighted by molar-refractivity contribution is 6.36. The summed E-state index contributed by atoms with van der Waals surface area (Å²) in [5.41, 5.74) is 0.712. The summed E-state index contributed by atoms with van der Waals surface area (Å²) in [7, 11) is 0. The van der Waals surface area contributed by atoms with Crippen LogP contribution in [0.2, 0.25) is 10.2 Å². The minimum absolute atomic E-state index is 0.124. The van der Waals surface area contributed by atoms with Gasteiger partial charge in [0.15, 0.2) is 0 Å². The van der Waals surface area contributed by atoms with Crippen LogP contribution in [0, 0.1) is 0 Å². The first kappa shape index (κ1) is 20.8. The molecule has 3 heterocycles. The summed E-state index contributed by atoms with van der Waals surface area (Å²) in [5, 5.41) is 11.1. The van der Waals surface area contributed by atoms with Crippen LogP contribution < -0.4 is 0 Å². The molecule has 164 valence electrons. The van der Waals surface area contributed by atoms with Crippen molar-refractivity contribution in [1.29, 1.82) is 0 Å². The third kappa shape index (κ3) is 3.73. The van der Waals surface area contributed by atoms with Crippen molar-refractivity contribution in [3.8, 4) is 11.3 Å². The SMILES string of the molecule is O=C(c1ccc(-c2nc3n(c2Cl)CCCC3)c(Cl)c1)N1CCN(C(=O)C2(O)CC2)CC1. The van der Waals surface area contributed by atoms with Crippen LogP contribution in [0.15, 0.2) is 18.2 Å². The van der Waals surface area contributed by atoms with Gasteiger partial charge in [0.25, 0.3) is 11.8 Å². The predicted molar refractivity (Wildman–Crippen MR) is 117 cm³/mol. The standard InChI is InChI=1S/C22H24Cl2N4O3/c23-16-13-14(4-5-15(16)18-19(24)28-8-2-1-3-17(28)25-18)20(29)26-9-11-27(12-10-26)21(30)22(31)6-7-22/h4-5,13,31H,1-3,6-12H2. The summed E-state index contributed by atoms with van der Waals surface area (Å²) in [4.78, 5) is 33.3. The van der Waals surface area contributed by atoms with Gasteiger partial charge in [0.05, 0.1) is 5.02 Å². The number of rotatable bonds is 3. The molecule has 1 aliphatic carbocycles. The van der Waals surface area contributed by atoms with Crippen molar-refractivity contribution >= 4 is 35.0 Å². The maximum Gasteiger partial charge on any atom is 0.254 e. The lowest BCUT2D eigenvalue weighted by atomic mass is 10.1. The van der Waals surface area contributed by atoms with Gasteiger partial charge in [0, 0.05) is 50.3 Å². The largest absolute Gasteiger partial charge is 0.380 e. The van der Waals surface area contributed by atoms with E-state index in [1.807, 2.05) is 4.57 Å². The first-order valence-corrected chi connectivity index (χ1v) is 11.5. The minimum atomic E-state index is -1.16. The first-order valence-electron chi connectivity index (χ1n) is 10.7. The monoisotopic (exact) mass is 462 g/mol. The summed E-state index contributed by atoms with van der Waals surface area (Å²) >= 11 is 13.1. The van der Waals surface area contributed by atoms with Crippen LogP contribution in [0.4, 0.5) is 0 Å². The number of carbonyl (C=O) groups excluding carboxylic acids is 2. The molecule has 31 heavy (non-hydrogen) atoms. The summed E-state index contributed by atoms with van der Waals surface area (Å²) < 4.78 is 2.04. The fourth-order valence-corrected chi connectivity index (χ4v) is 4.98. The molecule has 1 N–H and O–H groups in total. The molecule has 0 radical (unpaired) electrons. The fraction of sp³-hybridized carbons (Fsp3) is 0.500. The molecular formula is C22H24Cl2N4O3. The molecule has 2 aliphatic heterocycles. The molecule has 9 heteroatoms. The lowest BCUT2D eigenvalue weighted by Gasteiger charge is -2.35. The Morgan fingerprint density at radius 3 is 2.35 bits per heavy atom. The van der Waals surface area contributed by atoms with Gasteiger partial charge in [0.2, 0.25) is 0 Å². The van der Waals surface area contributed by atoms with E-state index in [1.54, 1.807) is 28.0 Å². The number of imidazole rings is 1. The van der Waals surface area contributed by atoms with E-state index in [9.17, 15) is 14.7 Å². The number of benzene rings is 1. The minimum Gasteiger partial charge on any atom is -0.380 e. The van der Waals surface area contributed by atoms with Crippen LogP contribution in [0.1, 0.15) is 41.9 Å². The topological polar surface area (TPSA) is 78.7 Å². The predicted octanol–water partition coefficient (Wildman–Crippen LogP) is 3.00. The second-order valence-corrected chi connectivity index (χ2v) is 9.35. The zero-order valence-electron chi connectivity index (χ0n) is 17.1. The smallest absolute Gasteiger partial charge is 0.254 e. The Labute approximate surface area is 190 Å². The molecule has 2 fully saturated rings. The normalized spacial score (nSPS) is 19.8. The van der Waals surface area contributed by atoms with Gasteiger partial charge in [-0.05, 0) is 37.8 Å². The molecule has 0 unspecified atom stereocenters. The van der Waals surface area contributed by atoms with Crippen molar-refractivity contribution in [3.63, 3.8) is 0 Å². The van der Waals surface area contributed by atoms with Crippen LogP contribution in [0.5, 0.6) is 0 Å². The maximum absolute atomic E-state index is 13.0. The highest BCUT2D eigenvalue weighted by Crippen LogP contribution is 2.37. The number of fused-ring (bicyclic) bond motifs is 1. The molecule has 5 rings (SSSR count). The quantitative estimate of drug-likeness (QED) is 0.759. The van der Waals surface area contributed by atoms with Crippen LogP contribution in [0.25, 0.3) is 11.3 Å². The van der Waals surface area contributed by atoms with Gasteiger partial charge in [-0.3, -0.25) is 9.59 Å². The third-order valence-corrected chi connectivity index (χ3v) is 7.16. The Morgan fingerprint density at radius 2 is 1.71 bits per heavy atom. The second kappa shape index (κ2) is 7.80. The Bertz CT molecular complexity index is 1060. The van der Waals surface area contributed by atoms with Gasteiger partial charge in [-0.1, -0.05) is 29.3 Å². The highest BCUT2D eigenvalue weighted by atomic mass is 35.5. The number of nitrogens with zero attached hydrogens (tertiary/aromatic N) is 4. The van der Waals surface area contributed by atoms with E-state index in [0.29, 0.717) is 60.5 Å². The molecule has 0 atom stereocenters. The van der Waals surface area contributed by atoms with Crippen molar-refractivity contribution in [3.05, 3.63) is 39.8 Å². The van der Waals surface area contributed by atoms with Gasteiger partial charge < -0.3 is 19.5 Å². The fourth-order valence-electron chi connectivity index (χ4n) is 4.38. The molecule has 0 spiro atoms. The van der Waals surface area contributed by atoms with E-state index < -0.39 is 5.60 Å². The number of hydrogen-bond donors (Lipinski definition) is 1. The molecule has 1 aromatic carbocycles. The number of aryl methyl sites for hydroxylation is 1. The van der Waals surface area contributed by atoms with E-state index in [0.717, 1.165) is 37.2 Å². The molecule has 3 aliphatic rings. The Kier molecular flexibility index (Phi) is 5.23. The lowest BCUT2D eigenvalue weighted by Crippen LogP contribution is -2.53. The van der Waals surface area contributed by atoms with Gasteiger partial charge in [-0.25, -0.2) is 4.98 Å². The zero-order chi connectivity index (χ0) is 21.8. The molecule has 2 amide bonds. The summed E-state index contributed by atoms with van der Waals surface area (Å²) in [6, 6.07) is 5.22. The van der Waals surface area contributed by atoms with Crippen molar-refractivity contribution in [2.24, 2.45) is 0 Å². The Morgan fingerprint density at radius 1 is 1.00 bits per heavy atom.